The van der Waals surface area contributed by atoms with Gasteiger partial charge in [-0.25, -0.2) is 0 Å². The smallest absolute Gasteiger partial charge is 0.253 e. The van der Waals surface area contributed by atoms with Crippen LogP contribution in [0.1, 0.15) is 60.6 Å². The predicted molar refractivity (Wildman–Crippen MR) is 118 cm³/mol. The fourth-order valence-electron chi connectivity index (χ4n) is 5.40. The topological polar surface area (TPSA) is 28.5 Å². The second-order valence-electron chi connectivity index (χ2n) is 9.34. The van der Waals surface area contributed by atoms with Gasteiger partial charge in [-0.3, -0.25) is 9.69 Å². The van der Waals surface area contributed by atoms with Crippen LogP contribution >= 0.6 is 0 Å². The van der Waals surface area contributed by atoms with Gasteiger partial charge in [0.2, 0.25) is 0 Å². The summed E-state index contributed by atoms with van der Waals surface area (Å²) >= 11 is 0. The van der Waals surface area contributed by atoms with Crippen molar-refractivity contribution < 1.29 is 4.79 Å². The van der Waals surface area contributed by atoms with Crippen LogP contribution in [0.5, 0.6) is 0 Å². The Morgan fingerprint density at radius 1 is 1.17 bits per heavy atom. The van der Waals surface area contributed by atoms with E-state index in [0.29, 0.717) is 0 Å². The van der Waals surface area contributed by atoms with Gasteiger partial charge in [-0.1, -0.05) is 19.4 Å². The number of rotatable bonds is 4. The summed E-state index contributed by atoms with van der Waals surface area (Å²) in [6.07, 6.45) is 9.40. The molecule has 0 spiro atoms. The molecule has 29 heavy (non-hydrogen) atoms. The van der Waals surface area contributed by atoms with Gasteiger partial charge < -0.3 is 9.47 Å². The van der Waals surface area contributed by atoms with Crippen molar-refractivity contribution in [3.8, 4) is 0 Å². The van der Waals surface area contributed by atoms with E-state index in [0.717, 1.165) is 69.5 Å². The summed E-state index contributed by atoms with van der Waals surface area (Å²) in [6.45, 7) is 11.1. The van der Waals surface area contributed by atoms with Gasteiger partial charge in [0.25, 0.3) is 5.91 Å². The minimum Gasteiger partial charge on any atom is -0.340 e. The summed E-state index contributed by atoms with van der Waals surface area (Å²) < 4.78 is 2.42. The molecule has 154 valence electrons. The maximum absolute atomic E-state index is 13.2. The highest BCUT2D eigenvalue weighted by Gasteiger charge is 2.31. The molecule has 5 rings (SSSR count). The van der Waals surface area contributed by atoms with Gasteiger partial charge in [0.15, 0.2) is 0 Å². The zero-order valence-electron chi connectivity index (χ0n) is 17.7. The average Bonchev–Trinajstić information content (AvgIpc) is 3.00. The number of piperidine rings is 1. The number of nitrogens with zero attached hydrogens (tertiary/aromatic N) is 3. The van der Waals surface area contributed by atoms with E-state index in [1.807, 2.05) is 12.1 Å². The van der Waals surface area contributed by atoms with E-state index in [4.69, 9.17) is 0 Å². The first-order valence-electron chi connectivity index (χ1n) is 11.4. The maximum atomic E-state index is 13.2. The summed E-state index contributed by atoms with van der Waals surface area (Å²) in [5.74, 6) is 0.939. The first kappa shape index (κ1) is 18.9. The lowest BCUT2D eigenvalue weighted by Crippen LogP contribution is -2.43. The molecule has 4 nitrogen and oxygen atoms in total. The highest BCUT2D eigenvalue weighted by molar-refractivity contribution is 5.99. The van der Waals surface area contributed by atoms with Crippen molar-refractivity contribution in [2.75, 3.05) is 19.6 Å². The number of likely N-dealkylation sites (tertiary alicyclic amines) is 1. The van der Waals surface area contributed by atoms with Crippen LogP contribution in [0.2, 0.25) is 0 Å². The quantitative estimate of drug-likeness (QED) is 0.712. The molecule has 1 aliphatic carbocycles. The molecule has 1 saturated heterocycles. The third-order valence-electron chi connectivity index (χ3n) is 7.50. The van der Waals surface area contributed by atoms with E-state index in [1.54, 1.807) is 0 Å². The molecule has 1 saturated carbocycles. The van der Waals surface area contributed by atoms with E-state index in [9.17, 15) is 4.79 Å². The predicted octanol–water partition coefficient (Wildman–Crippen LogP) is 4.61. The number of fused-ring (bicyclic) bond motifs is 3. The molecule has 2 fully saturated rings. The lowest BCUT2D eigenvalue weighted by Gasteiger charge is -2.40. The minimum absolute atomic E-state index is 0.204. The fourth-order valence-corrected chi connectivity index (χ4v) is 5.40. The van der Waals surface area contributed by atoms with Crippen molar-refractivity contribution in [3.05, 3.63) is 47.7 Å². The van der Waals surface area contributed by atoms with Gasteiger partial charge in [0, 0.05) is 67.3 Å². The van der Waals surface area contributed by atoms with Crippen molar-refractivity contribution in [3.63, 3.8) is 0 Å². The number of benzene rings is 1. The van der Waals surface area contributed by atoms with Crippen LogP contribution in [0.25, 0.3) is 10.9 Å². The molecule has 2 aromatic rings. The number of carbonyl (C=O) groups is 1. The van der Waals surface area contributed by atoms with Crippen LogP contribution in [-0.2, 0) is 19.5 Å². The molecule has 1 amide bonds. The standard InChI is InChI=1S/C25H33N3O/c1-3-12-28-23-8-7-19(25(29)26-13-9-18(2)10-14-26)16-21(23)22-17-27(15-11-24(22)28)20-5-4-6-20/h3,7-8,16,18,20H,1,4-6,9-15,17H2,2H3. The van der Waals surface area contributed by atoms with E-state index >= 15 is 0 Å². The van der Waals surface area contributed by atoms with E-state index in [1.165, 1.54) is 41.4 Å². The zero-order chi connectivity index (χ0) is 20.0. The van der Waals surface area contributed by atoms with E-state index in [-0.39, 0.29) is 5.91 Å². The van der Waals surface area contributed by atoms with Gasteiger partial charge >= 0.3 is 0 Å². The van der Waals surface area contributed by atoms with Crippen LogP contribution < -0.4 is 0 Å². The van der Waals surface area contributed by atoms with Gasteiger partial charge in [-0.2, -0.15) is 0 Å². The van der Waals surface area contributed by atoms with Gasteiger partial charge in [0.1, 0.15) is 0 Å². The minimum atomic E-state index is 0.204. The number of hydrogen-bond acceptors (Lipinski definition) is 2. The Bertz CT molecular complexity index is 931. The van der Waals surface area contributed by atoms with Gasteiger partial charge in [-0.05, 0) is 55.4 Å². The number of hydrogen-bond donors (Lipinski definition) is 0. The van der Waals surface area contributed by atoms with Gasteiger partial charge in [-0.15, -0.1) is 6.58 Å². The second-order valence-corrected chi connectivity index (χ2v) is 9.34. The Labute approximate surface area is 174 Å². The monoisotopic (exact) mass is 391 g/mol. The molecule has 3 aliphatic rings. The van der Waals surface area contributed by atoms with Crippen molar-refractivity contribution in [1.29, 1.82) is 0 Å². The molecule has 2 aliphatic heterocycles. The number of aromatic nitrogens is 1. The maximum Gasteiger partial charge on any atom is 0.253 e. The van der Waals surface area contributed by atoms with Crippen molar-refractivity contribution in [2.45, 2.75) is 64.6 Å². The SMILES string of the molecule is C=CCn1c2c(c3cc(C(=O)N4CCC(C)CC4)ccc31)CN(C1CCC1)CC2. The molecule has 3 heterocycles. The summed E-state index contributed by atoms with van der Waals surface area (Å²) in [7, 11) is 0. The Kier molecular flexibility index (Phi) is 4.99. The third-order valence-corrected chi connectivity index (χ3v) is 7.50. The van der Waals surface area contributed by atoms with Crippen LogP contribution in [0.15, 0.2) is 30.9 Å². The lowest BCUT2D eigenvalue weighted by molar-refractivity contribution is 0.0697. The van der Waals surface area contributed by atoms with Crippen LogP contribution in [0, 0.1) is 5.92 Å². The summed E-state index contributed by atoms with van der Waals surface area (Å²) in [5, 5.41) is 1.28. The van der Waals surface area contributed by atoms with Crippen molar-refractivity contribution >= 4 is 16.8 Å². The normalized spacial score (nSPS) is 21.2. The average molecular weight is 392 g/mol. The van der Waals surface area contributed by atoms with E-state index < -0.39 is 0 Å². The highest BCUT2D eigenvalue weighted by Crippen LogP contribution is 2.35. The van der Waals surface area contributed by atoms with Crippen LogP contribution in [0.3, 0.4) is 0 Å². The Morgan fingerprint density at radius 2 is 1.97 bits per heavy atom. The third kappa shape index (κ3) is 3.31. The van der Waals surface area contributed by atoms with Crippen LogP contribution in [0.4, 0.5) is 0 Å². The largest absolute Gasteiger partial charge is 0.340 e. The highest BCUT2D eigenvalue weighted by atomic mass is 16.2. The molecule has 1 aromatic carbocycles. The molecule has 0 radical (unpaired) electrons. The molecule has 0 N–H and O–H groups in total. The number of amides is 1. The van der Waals surface area contributed by atoms with Crippen molar-refractivity contribution in [1.82, 2.24) is 14.4 Å². The molecule has 0 bridgehead atoms. The summed E-state index contributed by atoms with van der Waals surface area (Å²) in [4.78, 5) is 17.9. The molecule has 0 atom stereocenters. The molecule has 4 heteroatoms. The Hall–Kier alpha value is -2.07. The summed E-state index contributed by atoms with van der Waals surface area (Å²) in [5.41, 5.74) is 5.01. The van der Waals surface area contributed by atoms with Crippen molar-refractivity contribution in [2.24, 2.45) is 5.92 Å². The van der Waals surface area contributed by atoms with Crippen LogP contribution in [-0.4, -0.2) is 46.0 Å². The summed E-state index contributed by atoms with van der Waals surface area (Å²) in [6, 6.07) is 7.15. The Morgan fingerprint density at radius 3 is 2.66 bits per heavy atom. The first-order chi connectivity index (χ1) is 14.2. The fraction of sp³-hybridized carbons (Fsp3) is 0.560. The Balaban J connectivity index is 1.51. The molecule has 0 unspecified atom stereocenters. The number of allylic oxidation sites excluding steroid dienone is 1. The van der Waals surface area contributed by atoms with Gasteiger partial charge in [0.05, 0.1) is 0 Å². The molecule has 1 aromatic heterocycles. The molecular weight excluding hydrogens is 358 g/mol. The molecular formula is C25H33N3O. The number of carbonyl (C=O) groups excluding carboxylic acids is 1. The van der Waals surface area contributed by atoms with E-state index in [2.05, 4.69) is 40.0 Å². The first-order valence-corrected chi connectivity index (χ1v) is 11.4. The zero-order valence-corrected chi connectivity index (χ0v) is 17.7. The lowest BCUT2D eigenvalue weighted by atomic mass is 9.89. The second kappa shape index (κ2) is 7.64.